The molecule has 39 heavy (non-hydrogen) atoms. The Labute approximate surface area is 248 Å². The van der Waals surface area contributed by atoms with Gasteiger partial charge in [0.15, 0.2) is 11.6 Å². The van der Waals surface area contributed by atoms with Gasteiger partial charge in [0.1, 0.15) is 10.7 Å². The third-order valence-electron chi connectivity index (χ3n) is 7.81. The zero-order valence-electron chi connectivity index (χ0n) is 21.5. The van der Waals surface area contributed by atoms with Crippen LogP contribution in [0.2, 0.25) is 15.1 Å². The molecule has 1 atom stereocenters. The maximum Gasteiger partial charge on any atom is 0.182 e. The SMILES string of the molecule is O=C(CC1CCC(CC2=CC=CCC2)CC1)c1csc(C(C(=O)c2ccc(Cl)cc2Cl)c2ccc(Cl)cc2)n1. The average molecular weight is 599 g/mol. The smallest absolute Gasteiger partial charge is 0.182 e. The van der Waals surface area contributed by atoms with Crippen molar-refractivity contribution in [2.45, 2.75) is 57.3 Å². The summed E-state index contributed by atoms with van der Waals surface area (Å²) in [6.45, 7) is 0. The number of halogens is 3. The Morgan fingerprint density at radius 2 is 1.67 bits per heavy atom. The van der Waals surface area contributed by atoms with Crippen molar-refractivity contribution in [3.05, 3.63) is 109 Å². The van der Waals surface area contributed by atoms with Crippen molar-refractivity contribution in [2.75, 3.05) is 0 Å². The molecule has 202 valence electrons. The molecule has 0 saturated heterocycles. The summed E-state index contributed by atoms with van der Waals surface area (Å²) >= 11 is 19.9. The highest BCUT2D eigenvalue weighted by Gasteiger charge is 2.30. The van der Waals surface area contributed by atoms with E-state index in [1.807, 2.05) is 12.1 Å². The minimum atomic E-state index is -0.702. The van der Waals surface area contributed by atoms with E-state index in [9.17, 15) is 9.59 Å². The Morgan fingerprint density at radius 1 is 0.949 bits per heavy atom. The summed E-state index contributed by atoms with van der Waals surface area (Å²) < 4.78 is 0. The molecular formula is C32H30Cl3NO2S. The summed E-state index contributed by atoms with van der Waals surface area (Å²) in [6, 6.07) is 12.0. The van der Waals surface area contributed by atoms with E-state index >= 15 is 0 Å². The summed E-state index contributed by atoms with van der Waals surface area (Å²) in [5, 5.41) is 3.67. The lowest BCUT2D eigenvalue weighted by Gasteiger charge is -2.29. The number of rotatable bonds is 9. The van der Waals surface area contributed by atoms with Gasteiger partial charge in [-0.2, -0.15) is 0 Å². The minimum absolute atomic E-state index is 0.0490. The van der Waals surface area contributed by atoms with Crippen molar-refractivity contribution in [3.8, 4) is 0 Å². The second-order valence-electron chi connectivity index (χ2n) is 10.6. The Kier molecular flexibility index (Phi) is 9.40. The second-order valence-corrected chi connectivity index (χ2v) is 12.7. The summed E-state index contributed by atoms with van der Waals surface area (Å²) in [4.78, 5) is 31.7. The summed E-state index contributed by atoms with van der Waals surface area (Å²) in [7, 11) is 0. The molecule has 5 rings (SSSR count). The zero-order valence-corrected chi connectivity index (χ0v) is 24.6. The highest BCUT2D eigenvalue weighted by molar-refractivity contribution is 7.10. The van der Waals surface area contributed by atoms with Crippen molar-refractivity contribution in [2.24, 2.45) is 11.8 Å². The van der Waals surface area contributed by atoms with E-state index in [4.69, 9.17) is 39.8 Å². The number of thiazole rings is 1. The van der Waals surface area contributed by atoms with E-state index in [-0.39, 0.29) is 16.6 Å². The maximum absolute atomic E-state index is 13.7. The lowest BCUT2D eigenvalue weighted by molar-refractivity contribution is 0.0934. The number of allylic oxidation sites excluding steroid dienone is 4. The minimum Gasteiger partial charge on any atom is -0.293 e. The molecule has 0 spiro atoms. The van der Waals surface area contributed by atoms with Crippen molar-refractivity contribution in [3.63, 3.8) is 0 Å². The van der Waals surface area contributed by atoms with Crippen molar-refractivity contribution < 1.29 is 9.59 Å². The molecule has 1 saturated carbocycles. The first-order valence-electron chi connectivity index (χ1n) is 13.5. The fourth-order valence-electron chi connectivity index (χ4n) is 5.65. The fourth-order valence-corrected chi connectivity index (χ4v) is 7.23. The molecule has 0 amide bonds. The van der Waals surface area contributed by atoms with Crippen LogP contribution in [-0.2, 0) is 0 Å². The van der Waals surface area contributed by atoms with Crippen LogP contribution >= 0.6 is 46.1 Å². The molecule has 0 aliphatic heterocycles. The molecule has 2 aromatic carbocycles. The number of carbonyl (C=O) groups is 2. The molecule has 3 aromatic rings. The molecular weight excluding hydrogens is 569 g/mol. The number of ketones is 2. The zero-order chi connectivity index (χ0) is 27.4. The van der Waals surface area contributed by atoms with E-state index < -0.39 is 5.92 Å². The number of hydrogen-bond acceptors (Lipinski definition) is 4. The van der Waals surface area contributed by atoms with Crippen LogP contribution in [0.5, 0.6) is 0 Å². The highest BCUT2D eigenvalue weighted by atomic mass is 35.5. The Balaban J connectivity index is 1.28. The largest absolute Gasteiger partial charge is 0.293 e. The van der Waals surface area contributed by atoms with E-state index in [1.165, 1.54) is 37.0 Å². The number of carbonyl (C=O) groups excluding carboxylic acids is 2. The van der Waals surface area contributed by atoms with Crippen LogP contribution < -0.4 is 0 Å². The van der Waals surface area contributed by atoms with Gasteiger partial charge in [0, 0.05) is 27.4 Å². The topological polar surface area (TPSA) is 47.0 Å². The first kappa shape index (κ1) is 28.3. The predicted octanol–water partition coefficient (Wildman–Crippen LogP) is 10.2. The molecule has 1 heterocycles. The quantitative estimate of drug-likeness (QED) is 0.230. The van der Waals surface area contributed by atoms with Crippen LogP contribution in [0.25, 0.3) is 0 Å². The van der Waals surface area contributed by atoms with Gasteiger partial charge in [-0.3, -0.25) is 9.59 Å². The summed E-state index contributed by atoms with van der Waals surface area (Å²) in [5.41, 5.74) is 3.11. The lowest BCUT2D eigenvalue weighted by atomic mass is 9.76. The van der Waals surface area contributed by atoms with E-state index in [1.54, 1.807) is 41.3 Å². The Bertz CT molecular complexity index is 1400. The molecule has 0 N–H and O–H groups in total. The summed E-state index contributed by atoms with van der Waals surface area (Å²) in [5.74, 6) is 0.264. The average Bonchev–Trinajstić information content (AvgIpc) is 3.41. The Morgan fingerprint density at radius 3 is 2.36 bits per heavy atom. The molecule has 2 aliphatic carbocycles. The van der Waals surface area contributed by atoms with E-state index in [2.05, 4.69) is 18.2 Å². The van der Waals surface area contributed by atoms with Gasteiger partial charge in [-0.15, -0.1) is 11.3 Å². The lowest BCUT2D eigenvalue weighted by Crippen LogP contribution is -2.18. The number of benzene rings is 2. The monoisotopic (exact) mass is 597 g/mol. The van der Waals surface area contributed by atoms with Crippen molar-refractivity contribution in [1.29, 1.82) is 0 Å². The molecule has 1 unspecified atom stereocenters. The molecule has 3 nitrogen and oxygen atoms in total. The normalized spacial score (nSPS) is 19.9. The second kappa shape index (κ2) is 13.0. The summed E-state index contributed by atoms with van der Waals surface area (Å²) in [6.07, 6.45) is 15.2. The number of nitrogens with zero attached hydrogens (tertiary/aromatic N) is 1. The molecule has 7 heteroatoms. The molecule has 1 aromatic heterocycles. The third kappa shape index (κ3) is 7.10. The van der Waals surface area contributed by atoms with Crippen LogP contribution in [-0.4, -0.2) is 16.6 Å². The molecule has 1 fully saturated rings. The first-order chi connectivity index (χ1) is 18.9. The highest BCUT2D eigenvalue weighted by Crippen LogP contribution is 2.37. The van der Waals surface area contributed by atoms with Crippen LogP contribution in [0.1, 0.15) is 88.7 Å². The molecule has 0 radical (unpaired) electrons. The van der Waals surface area contributed by atoms with Gasteiger partial charge >= 0.3 is 0 Å². The number of hydrogen-bond donors (Lipinski definition) is 0. The van der Waals surface area contributed by atoms with E-state index in [0.29, 0.717) is 38.6 Å². The van der Waals surface area contributed by atoms with Gasteiger partial charge in [-0.05, 0) is 92.7 Å². The van der Waals surface area contributed by atoms with Gasteiger partial charge in [0.05, 0.1) is 10.9 Å². The molecule has 0 bridgehead atoms. The van der Waals surface area contributed by atoms with Crippen LogP contribution in [0.4, 0.5) is 0 Å². The number of aromatic nitrogens is 1. The first-order valence-corrected chi connectivity index (χ1v) is 15.5. The predicted molar refractivity (Wildman–Crippen MR) is 162 cm³/mol. The van der Waals surface area contributed by atoms with Gasteiger partial charge < -0.3 is 0 Å². The van der Waals surface area contributed by atoms with E-state index in [0.717, 1.165) is 30.7 Å². The maximum atomic E-state index is 13.7. The van der Waals surface area contributed by atoms with Crippen LogP contribution in [0.15, 0.2) is 71.6 Å². The fraction of sp³-hybridized carbons (Fsp3) is 0.344. The standard InChI is InChI=1S/C32H30Cl3NO2S/c33-24-12-10-23(11-13-24)30(31(38)26-15-14-25(34)18-27(26)35)32-36-28(19-39-32)29(37)17-22-8-6-21(7-9-22)16-20-4-2-1-3-5-20/h1-2,4,10-15,18-19,21-22,30H,3,5-9,16-17H2. The van der Waals surface area contributed by atoms with Gasteiger partial charge in [-0.1, -0.05) is 70.7 Å². The number of Topliss-reactive ketones (excluding diaryl/α,β-unsaturated/α-hetero) is 2. The molecule has 2 aliphatic rings. The van der Waals surface area contributed by atoms with Gasteiger partial charge in [-0.25, -0.2) is 4.98 Å². The Hall–Kier alpha value is -2.24. The van der Waals surface area contributed by atoms with Crippen molar-refractivity contribution in [1.82, 2.24) is 4.98 Å². The van der Waals surface area contributed by atoms with Gasteiger partial charge in [0.25, 0.3) is 0 Å². The van der Waals surface area contributed by atoms with Crippen LogP contribution in [0, 0.1) is 11.8 Å². The van der Waals surface area contributed by atoms with Crippen molar-refractivity contribution >= 4 is 57.7 Å². The van der Waals surface area contributed by atoms with Gasteiger partial charge in [0.2, 0.25) is 0 Å². The van der Waals surface area contributed by atoms with Crippen LogP contribution in [0.3, 0.4) is 0 Å². The third-order valence-corrected chi connectivity index (χ3v) is 9.52.